The number of rotatable bonds is 5. The van der Waals surface area contributed by atoms with E-state index >= 15 is 0 Å². The first kappa shape index (κ1) is 13.6. The average Bonchev–Trinajstić information content (AvgIpc) is 2.24. The molecule has 4 heteroatoms. The van der Waals surface area contributed by atoms with Crippen molar-refractivity contribution in [2.45, 2.75) is 32.8 Å². The Kier molecular flexibility index (Phi) is 4.63. The molecule has 17 heavy (non-hydrogen) atoms. The minimum atomic E-state index is -1.09. The topological polar surface area (TPSA) is 57.5 Å². The van der Waals surface area contributed by atoms with Crippen LogP contribution < -0.4 is 0 Å². The minimum absolute atomic E-state index is 0.388. The molecule has 0 aromatic heterocycles. The summed E-state index contributed by atoms with van der Waals surface area (Å²) in [5.41, 5.74) is 1.05. The summed E-state index contributed by atoms with van der Waals surface area (Å²) in [4.78, 5) is 11.0. The number of carbonyl (C=O) groups is 1. The second-order valence-electron chi connectivity index (χ2n) is 4.18. The van der Waals surface area contributed by atoms with Crippen molar-refractivity contribution < 1.29 is 19.4 Å². The van der Waals surface area contributed by atoms with Gasteiger partial charge in [0.1, 0.15) is 5.82 Å². The van der Waals surface area contributed by atoms with Gasteiger partial charge in [0.2, 0.25) is 0 Å². The maximum atomic E-state index is 12.9. The van der Waals surface area contributed by atoms with Crippen molar-refractivity contribution in [2.24, 2.45) is 5.92 Å². The number of aliphatic hydroxyl groups is 1. The number of benzene rings is 1. The van der Waals surface area contributed by atoms with E-state index in [9.17, 15) is 14.3 Å². The molecule has 2 atom stereocenters. The molecule has 94 valence electrons. The Morgan fingerprint density at radius 3 is 2.59 bits per heavy atom. The molecule has 0 aliphatic heterocycles. The van der Waals surface area contributed by atoms with Gasteiger partial charge in [-0.2, -0.15) is 0 Å². The Morgan fingerprint density at radius 2 is 2.12 bits per heavy atom. The number of carboxylic acid groups (broad SMARTS) is 1. The zero-order valence-corrected chi connectivity index (χ0v) is 9.98. The van der Waals surface area contributed by atoms with Gasteiger partial charge >= 0.3 is 5.97 Å². The molecule has 1 aromatic rings. The predicted molar refractivity (Wildman–Crippen MR) is 62.1 cm³/mol. The van der Waals surface area contributed by atoms with Crippen molar-refractivity contribution in [3.63, 3.8) is 0 Å². The molecule has 1 rings (SSSR count). The van der Waals surface area contributed by atoms with Crippen LogP contribution in [0.2, 0.25) is 0 Å². The van der Waals surface area contributed by atoms with E-state index in [1.54, 1.807) is 6.92 Å². The van der Waals surface area contributed by atoms with Crippen LogP contribution >= 0.6 is 0 Å². The van der Waals surface area contributed by atoms with Crippen molar-refractivity contribution in [3.05, 3.63) is 35.1 Å². The molecular weight excluding hydrogens is 223 g/mol. The summed E-state index contributed by atoms with van der Waals surface area (Å²) in [7, 11) is 0. The summed E-state index contributed by atoms with van der Waals surface area (Å²) < 4.78 is 12.9. The number of hydrogen-bond acceptors (Lipinski definition) is 2. The summed E-state index contributed by atoms with van der Waals surface area (Å²) >= 11 is 0. The third-order valence-electron chi connectivity index (χ3n) is 2.85. The van der Waals surface area contributed by atoms with Gasteiger partial charge in [-0.1, -0.05) is 19.4 Å². The highest BCUT2D eigenvalue weighted by Gasteiger charge is 2.27. The fraction of sp³-hybridized carbons (Fsp3) is 0.462. The van der Waals surface area contributed by atoms with Crippen LogP contribution in [0.5, 0.6) is 0 Å². The highest BCUT2D eigenvalue weighted by molar-refractivity contribution is 5.71. The van der Waals surface area contributed by atoms with Crippen molar-refractivity contribution >= 4 is 5.97 Å². The quantitative estimate of drug-likeness (QED) is 0.831. The number of hydrogen-bond donors (Lipinski definition) is 2. The smallest absolute Gasteiger partial charge is 0.309 e. The first-order valence-corrected chi connectivity index (χ1v) is 5.64. The molecule has 0 radical (unpaired) electrons. The van der Waals surface area contributed by atoms with E-state index in [4.69, 9.17) is 5.11 Å². The second-order valence-corrected chi connectivity index (χ2v) is 4.18. The van der Waals surface area contributed by atoms with Gasteiger partial charge in [-0.3, -0.25) is 4.79 Å². The summed E-state index contributed by atoms with van der Waals surface area (Å²) in [5, 5.41) is 19.1. The zero-order valence-electron chi connectivity index (χ0n) is 9.98. The van der Waals surface area contributed by atoms with Crippen molar-refractivity contribution in [3.8, 4) is 0 Å². The molecule has 0 bridgehead atoms. The van der Waals surface area contributed by atoms with E-state index in [0.717, 1.165) is 0 Å². The van der Waals surface area contributed by atoms with Gasteiger partial charge < -0.3 is 10.2 Å². The lowest BCUT2D eigenvalue weighted by molar-refractivity contribution is -0.146. The van der Waals surface area contributed by atoms with Gasteiger partial charge in [0, 0.05) is 0 Å². The summed E-state index contributed by atoms with van der Waals surface area (Å²) in [6.45, 7) is 3.52. The van der Waals surface area contributed by atoms with Crippen LogP contribution in [-0.4, -0.2) is 16.2 Å². The van der Waals surface area contributed by atoms with Crippen LogP contribution in [0.15, 0.2) is 18.2 Å². The molecule has 0 amide bonds. The minimum Gasteiger partial charge on any atom is -0.481 e. The van der Waals surface area contributed by atoms with Crippen LogP contribution in [0.3, 0.4) is 0 Å². The summed E-state index contributed by atoms with van der Waals surface area (Å²) in [5.74, 6) is -2.26. The Balaban J connectivity index is 3.00. The van der Waals surface area contributed by atoms with Crippen molar-refractivity contribution in [2.75, 3.05) is 0 Å². The van der Waals surface area contributed by atoms with Gasteiger partial charge in [0.15, 0.2) is 0 Å². The molecule has 2 N–H and O–H groups in total. The number of aliphatic hydroxyl groups excluding tert-OH is 1. The van der Waals surface area contributed by atoms with Crippen LogP contribution in [0, 0.1) is 18.7 Å². The van der Waals surface area contributed by atoms with Gasteiger partial charge in [-0.05, 0) is 36.6 Å². The molecule has 3 nitrogen and oxygen atoms in total. The van der Waals surface area contributed by atoms with E-state index in [1.807, 2.05) is 6.92 Å². The largest absolute Gasteiger partial charge is 0.481 e. The number of carboxylic acids is 1. The van der Waals surface area contributed by atoms with E-state index in [1.165, 1.54) is 18.2 Å². The van der Waals surface area contributed by atoms with Gasteiger partial charge in [-0.15, -0.1) is 0 Å². The van der Waals surface area contributed by atoms with Crippen LogP contribution in [0.1, 0.15) is 37.0 Å². The number of aryl methyl sites for hydroxylation is 1. The molecule has 2 unspecified atom stereocenters. The SMILES string of the molecule is CCCC(C(=O)O)C(O)c1ccc(F)cc1C. The first-order valence-electron chi connectivity index (χ1n) is 5.64. The van der Waals surface area contributed by atoms with Gasteiger partial charge in [0.25, 0.3) is 0 Å². The Morgan fingerprint density at radius 1 is 1.47 bits per heavy atom. The lowest BCUT2D eigenvalue weighted by atomic mass is 9.90. The predicted octanol–water partition coefficient (Wildman–Crippen LogP) is 2.67. The number of aliphatic carboxylic acids is 1. The summed E-state index contributed by atoms with van der Waals surface area (Å²) in [6, 6.07) is 3.97. The average molecular weight is 240 g/mol. The highest BCUT2D eigenvalue weighted by atomic mass is 19.1. The third-order valence-corrected chi connectivity index (χ3v) is 2.85. The van der Waals surface area contributed by atoms with Crippen LogP contribution in [0.4, 0.5) is 4.39 Å². The van der Waals surface area contributed by atoms with E-state index in [-0.39, 0.29) is 5.82 Å². The lowest BCUT2D eigenvalue weighted by Crippen LogP contribution is -2.22. The molecule has 0 heterocycles. The van der Waals surface area contributed by atoms with E-state index in [2.05, 4.69) is 0 Å². The van der Waals surface area contributed by atoms with Gasteiger partial charge in [0.05, 0.1) is 12.0 Å². The van der Waals surface area contributed by atoms with Gasteiger partial charge in [-0.25, -0.2) is 4.39 Å². The molecular formula is C13H17FO3. The second kappa shape index (κ2) is 5.77. The fourth-order valence-corrected chi connectivity index (χ4v) is 1.92. The monoisotopic (exact) mass is 240 g/mol. The molecule has 0 saturated heterocycles. The third kappa shape index (κ3) is 3.27. The molecule has 0 aliphatic carbocycles. The fourth-order valence-electron chi connectivity index (χ4n) is 1.92. The Bertz CT molecular complexity index is 404. The molecule has 0 aliphatic rings. The zero-order chi connectivity index (χ0) is 13.0. The highest BCUT2D eigenvalue weighted by Crippen LogP contribution is 2.28. The lowest BCUT2D eigenvalue weighted by Gasteiger charge is -2.20. The Labute approximate surface area is 99.9 Å². The van der Waals surface area contributed by atoms with E-state index < -0.39 is 18.0 Å². The maximum absolute atomic E-state index is 12.9. The van der Waals surface area contributed by atoms with Crippen molar-refractivity contribution in [1.29, 1.82) is 0 Å². The Hall–Kier alpha value is -1.42. The maximum Gasteiger partial charge on any atom is 0.309 e. The summed E-state index contributed by atoms with van der Waals surface area (Å²) in [6.07, 6.45) is -0.0188. The standard InChI is InChI=1S/C13H17FO3/c1-3-4-11(13(16)17)12(15)10-6-5-9(14)7-8(10)2/h5-7,11-12,15H,3-4H2,1-2H3,(H,16,17). The normalized spacial score (nSPS) is 14.4. The van der Waals surface area contributed by atoms with Crippen molar-refractivity contribution in [1.82, 2.24) is 0 Å². The molecule has 0 fully saturated rings. The van der Waals surface area contributed by atoms with Crippen LogP contribution in [0.25, 0.3) is 0 Å². The number of halogens is 1. The first-order chi connectivity index (χ1) is 7.97. The molecule has 0 saturated carbocycles. The molecule has 0 spiro atoms. The van der Waals surface area contributed by atoms with E-state index in [0.29, 0.717) is 24.0 Å². The molecule has 1 aromatic carbocycles. The van der Waals surface area contributed by atoms with Crippen LogP contribution in [-0.2, 0) is 4.79 Å².